The zero-order chi connectivity index (χ0) is 18.1. The molecule has 0 spiro atoms. The van der Waals surface area contributed by atoms with Crippen molar-refractivity contribution in [1.82, 2.24) is 9.97 Å². The van der Waals surface area contributed by atoms with E-state index in [0.29, 0.717) is 50.1 Å². The van der Waals surface area contributed by atoms with Crippen LogP contribution >= 0.6 is 11.8 Å². The summed E-state index contributed by atoms with van der Waals surface area (Å²) in [5.41, 5.74) is 0.714. The maximum Gasteiger partial charge on any atom is 0.189 e. The van der Waals surface area contributed by atoms with Gasteiger partial charge in [0, 0.05) is 32.1 Å². The Morgan fingerprint density at radius 2 is 2.04 bits per heavy atom. The summed E-state index contributed by atoms with van der Waals surface area (Å²) < 4.78 is 31.5. The van der Waals surface area contributed by atoms with Crippen LogP contribution in [0.2, 0.25) is 0 Å². The van der Waals surface area contributed by atoms with Gasteiger partial charge in [0.2, 0.25) is 0 Å². The van der Waals surface area contributed by atoms with Gasteiger partial charge in [0.25, 0.3) is 0 Å². The van der Waals surface area contributed by atoms with Gasteiger partial charge in [-0.05, 0) is 26.0 Å². The Bertz CT molecular complexity index is 720. The standard InChI is InChI=1S/C16H26N4O3S2/c1-12-11-23-9-6-20(12)14-10-13(18-15(19-14)24-2)16(25(3,17)21)4-7-22-8-5-16/h10,12,17H,4-9,11H2,1-3H3. The third kappa shape index (κ3) is 3.65. The fourth-order valence-electron chi connectivity index (χ4n) is 3.50. The number of thioether (sulfide) groups is 1. The lowest BCUT2D eigenvalue weighted by Crippen LogP contribution is -2.45. The summed E-state index contributed by atoms with van der Waals surface area (Å²) >= 11 is 1.47. The number of hydrogen-bond acceptors (Lipinski definition) is 8. The number of morpholine rings is 1. The topological polar surface area (TPSA) is 88.4 Å². The lowest BCUT2D eigenvalue weighted by molar-refractivity contribution is 0.0738. The molecular formula is C16H26N4O3S2. The Morgan fingerprint density at radius 1 is 1.32 bits per heavy atom. The molecule has 2 aliphatic rings. The molecule has 1 aromatic heterocycles. The molecule has 2 saturated heterocycles. The minimum atomic E-state index is -2.85. The highest BCUT2D eigenvalue weighted by molar-refractivity contribution is 7.98. The monoisotopic (exact) mass is 386 g/mol. The van der Waals surface area contributed by atoms with Crippen LogP contribution in [0.5, 0.6) is 0 Å². The molecule has 0 amide bonds. The van der Waals surface area contributed by atoms with E-state index in [1.54, 1.807) is 0 Å². The molecule has 1 aromatic rings. The summed E-state index contributed by atoms with van der Waals surface area (Å²) in [6, 6.07) is 2.16. The highest BCUT2D eigenvalue weighted by Crippen LogP contribution is 2.40. The molecule has 25 heavy (non-hydrogen) atoms. The maximum atomic E-state index is 12.9. The van der Waals surface area contributed by atoms with Gasteiger partial charge in [-0.3, -0.25) is 4.78 Å². The van der Waals surface area contributed by atoms with Gasteiger partial charge in [-0.2, -0.15) is 0 Å². The Morgan fingerprint density at radius 3 is 2.64 bits per heavy atom. The molecule has 0 aliphatic carbocycles. The minimum absolute atomic E-state index is 0.221. The third-order valence-corrected chi connectivity index (χ3v) is 7.71. The molecule has 0 saturated carbocycles. The van der Waals surface area contributed by atoms with Crippen LogP contribution in [0.15, 0.2) is 11.2 Å². The van der Waals surface area contributed by atoms with Gasteiger partial charge in [-0.25, -0.2) is 14.2 Å². The van der Waals surface area contributed by atoms with Gasteiger partial charge in [0.05, 0.1) is 34.7 Å². The molecule has 7 nitrogen and oxygen atoms in total. The molecule has 2 aliphatic heterocycles. The van der Waals surface area contributed by atoms with Crippen molar-refractivity contribution in [2.24, 2.45) is 0 Å². The van der Waals surface area contributed by atoms with Crippen LogP contribution in [0.25, 0.3) is 0 Å². The first-order valence-corrected chi connectivity index (χ1v) is 11.7. The lowest BCUT2D eigenvalue weighted by Gasteiger charge is -2.38. The second-order valence-corrected chi connectivity index (χ2v) is 9.91. The molecule has 2 atom stereocenters. The summed E-state index contributed by atoms with van der Waals surface area (Å²) in [4.78, 5) is 11.6. The smallest absolute Gasteiger partial charge is 0.189 e. The van der Waals surface area contributed by atoms with Gasteiger partial charge in [-0.1, -0.05) is 11.8 Å². The normalized spacial score (nSPS) is 26.2. The lowest BCUT2D eigenvalue weighted by atomic mass is 9.94. The fraction of sp³-hybridized carbons (Fsp3) is 0.750. The molecule has 9 heteroatoms. The van der Waals surface area contributed by atoms with Gasteiger partial charge in [0.1, 0.15) is 10.6 Å². The summed E-state index contributed by atoms with van der Waals surface area (Å²) in [7, 11) is -2.85. The molecule has 1 N–H and O–H groups in total. The van der Waals surface area contributed by atoms with Crippen molar-refractivity contribution in [3.63, 3.8) is 0 Å². The molecule has 0 radical (unpaired) electrons. The van der Waals surface area contributed by atoms with Crippen LogP contribution in [0.4, 0.5) is 5.82 Å². The van der Waals surface area contributed by atoms with E-state index in [2.05, 4.69) is 21.8 Å². The predicted octanol–water partition coefficient (Wildman–Crippen LogP) is 2.11. The fourth-order valence-corrected chi connectivity index (χ4v) is 5.32. The van der Waals surface area contributed by atoms with Crippen molar-refractivity contribution >= 4 is 27.3 Å². The highest BCUT2D eigenvalue weighted by atomic mass is 32.2. The van der Waals surface area contributed by atoms with Gasteiger partial charge in [0.15, 0.2) is 5.16 Å². The largest absolute Gasteiger partial charge is 0.381 e. The van der Waals surface area contributed by atoms with Crippen LogP contribution < -0.4 is 4.90 Å². The molecule has 3 rings (SSSR count). The number of hydrogen-bond donors (Lipinski definition) is 1. The Balaban J connectivity index is 2.10. The second kappa shape index (κ2) is 7.38. The van der Waals surface area contributed by atoms with Crippen molar-refractivity contribution in [2.75, 3.05) is 50.4 Å². The van der Waals surface area contributed by atoms with E-state index in [1.165, 1.54) is 18.0 Å². The van der Waals surface area contributed by atoms with Crippen LogP contribution in [0, 0.1) is 4.78 Å². The Hall–Kier alpha value is -0.900. The average Bonchev–Trinajstić information content (AvgIpc) is 2.61. The molecule has 2 fully saturated rings. The quantitative estimate of drug-likeness (QED) is 0.626. The van der Waals surface area contributed by atoms with E-state index in [0.717, 1.165) is 12.4 Å². The first kappa shape index (κ1) is 18.9. The van der Waals surface area contributed by atoms with E-state index in [1.807, 2.05) is 12.3 Å². The van der Waals surface area contributed by atoms with Crippen molar-refractivity contribution in [3.8, 4) is 0 Å². The van der Waals surface area contributed by atoms with Crippen molar-refractivity contribution in [3.05, 3.63) is 11.8 Å². The van der Waals surface area contributed by atoms with Gasteiger partial charge >= 0.3 is 0 Å². The van der Waals surface area contributed by atoms with Crippen LogP contribution in [0.3, 0.4) is 0 Å². The summed E-state index contributed by atoms with van der Waals surface area (Å²) in [5, 5.41) is 0.653. The number of rotatable bonds is 4. The number of aromatic nitrogens is 2. The Labute approximate surface area is 153 Å². The van der Waals surface area contributed by atoms with E-state index < -0.39 is 14.5 Å². The second-order valence-electron chi connectivity index (χ2n) is 6.67. The number of ether oxygens (including phenoxy) is 2. The predicted molar refractivity (Wildman–Crippen MR) is 100.0 cm³/mol. The number of nitrogens with one attached hydrogen (secondary N) is 1. The van der Waals surface area contributed by atoms with Crippen LogP contribution in [-0.2, 0) is 23.9 Å². The number of nitrogens with zero attached hydrogens (tertiary/aromatic N) is 3. The molecule has 0 aromatic carbocycles. The zero-order valence-corrected chi connectivity index (χ0v) is 16.6. The summed E-state index contributed by atoms with van der Waals surface area (Å²) in [5.74, 6) is 0.833. The van der Waals surface area contributed by atoms with Gasteiger partial charge in [-0.15, -0.1) is 0 Å². The highest BCUT2D eigenvalue weighted by Gasteiger charge is 2.43. The molecule has 2 unspecified atom stereocenters. The summed E-state index contributed by atoms with van der Waals surface area (Å²) in [6.07, 6.45) is 4.56. The summed E-state index contributed by atoms with van der Waals surface area (Å²) in [6.45, 7) is 5.22. The van der Waals surface area contributed by atoms with E-state index in [4.69, 9.17) is 14.3 Å². The van der Waals surface area contributed by atoms with Crippen molar-refractivity contribution < 1.29 is 13.7 Å². The average molecular weight is 387 g/mol. The molecule has 140 valence electrons. The van der Waals surface area contributed by atoms with E-state index in [9.17, 15) is 4.21 Å². The molecule has 0 bridgehead atoms. The molecule has 3 heterocycles. The Kier molecular flexibility index (Phi) is 5.57. The van der Waals surface area contributed by atoms with Crippen LogP contribution in [0.1, 0.15) is 25.5 Å². The first-order valence-electron chi connectivity index (χ1n) is 8.46. The van der Waals surface area contributed by atoms with E-state index in [-0.39, 0.29) is 6.04 Å². The van der Waals surface area contributed by atoms with Gasteiger partial charge < -0.3 is 14.4 Å². The van der Waals surface area contributed by atoms with Crippen LogP contribution in [-0.4, -0.2) is 65.7 Å². The van der Waals surface area contributed by atoms with Crippen molar-refractivity contribution in [2.45, 2.75) is 35.7 Å². The maximum absolute atomic E-state index is 12.9. The number of anilines is 1. The first-order chi connectivity index (χ1) is 11.9. The zero-order valence-electron chi connectivity index (χ0n) is 15.0. The minimum Gasteiger partial charge on any atom is -0.381 e. The van der Waals surface area contributed by atoms with Crippen molar-refractivity contribution in [1.29, 1.82) is 4.78 Å². The molecular weight excluding hydrogens is 360 g/mol. The third-order valence-electron chi connectivity index (χ3n) is 5.05. The van der Waals surface area contributed by atoms with E-state index >= 15 is 0 Å². The SMILES string of the molecule is CSc1nc(N2CCOCC2C)cc(C2(S(C)(=N)=O)CCOCC2)n1.